The van der Waals surface area contributed by atoms with Gasteiger partial charge in [0.2, 0.25) is 0 Å². The molecule has 0 bridgehead atoms. The maximum Gasteiger partial charge on any atom is 0.128 e. The van der Waals surface area contributed by atoms with Gasteiger partial charge in [0.05, 0.1) is 12.3 Å². The van der Waals surface area contributed by atoms with E-state index >= 15 is 0 Å². The van der Waals surface area contributed by atoms with Crippen LogP contribution in [0, 0.1) is 0 Å². The second kappa shape index (κ2) is 4.86. The Bertz CT molecular complexity index is 337. The topological polar surface area (TPSA) is 41.8 Å². The van der Waals surface area contributed by atoms with Crippen LogP contribution in [0.1, 0.15) is 19.4 Å². The largest absolute Gasteiger partial charge is 0.490 e. The molecule has 0 amide bonds. The van der Waals surface area contributed by atoms with Crippen LogP contribution in [0.5, 0.6) is 5.75 Å². The second-order valence-electron chi connectivity index (χ2n) is 3.09. The molecule has 0 aromatic heterocycles. The molecule has 14 heavy (non-hydrogen) atoms. The van der Waals surface area contributed by atoms with Crippen LogP contribution in [0.15, 0.2) is 23.4 Å². The lowest BCUT2D eigenvalue weighted by atomic mass is 10.2. The van der Waals surface area contributed by atoms with E-state index in [1.54, 1.807) is 18.2 Å². The van der Waals surface area contributed by atoms with Gasteiger partial charge in [0.15, 0.2) is 0 Å². The summed E-state index contributed by atoms with van der Waals surface area (Å²) in [5, 5.41) is 12.0. The molecule has 1 aromatic rings. The summed E-state index contributed by atoms with van der Waals surface area (Å²) in [4.78, 5) is 0. The number of nitrogens with zero attached hydrogens (tertiary/aromatic N) is 1. The Morgan fingerprint density at radius 1 is 1.50 bits per heavy atom. The molecular formula is C10H12ClNO2. The van der Waals surface area contributed by atoms with Gasteiger partial charge < -0.3 is 9.94 Å². The van der Waals surface area contributed by atoms with Gasteiger partial charge in [0, 0.05) is 10.6 Å². The molecule has 76 valence electrons. The van der Waals surface area contributed by atoms with Crippen LogP contribution in [-0.2, 0) is 0 Å². The van der Waals surface area contributed by atoms with E-state index in [-0.39, 0.29) is 6.10 Å². The summed E-state index contributed by atoms with van der Waals surface area (Å²) in [6, 6.07) is 5.16. The lowest BCUT2D eigenvalue weighted by molar-refractivity contribution is 0.242. The molecule has 0 aliphatic carbocycles. The van der Waals surface area contributed by atoms with Gasteiger partial charge in [-0.05, 0) is 32.0 Å². The van der Waals surface area contributed by atoms with Gasteiger partial charge in [-0.3, -0.25) is 0 Å². The Morgan fingerprint density at radius 2 is 2.21 bits per heavy atom. The lowest BCUT2D eigenvalue weighted by Gasteiger charge is -2.11. The Balaban J connectivity index is 3.01. The van der Waals surface area contributed by atoms with Crippen LogP contribution in [0.3, 0.4) is 0 Å². The zero-order valence-corrected chi connectivity index (χ0v) is 8.82. The Kier molecular flexibility index (Phi) is 3.77. The summed E-state index contributed by atoms with van der Waals surface area (Å²) >= 11 is 5.79. The van der Waals surface area contributed by atoms with Gasteiger partial charge >= 0.3 is 0 Å². The van der Waals surface area contributed by atoms with Crippen LogP contribution in [0.2, 0.25) is 5.02 Å². The summed E-state index contributed by atoms with van der Waals surface area (Å²) in [6.45, 7) is 3.85. The van der Waals surface area contributed by atoms with Crippen molar-refractivity contribution in [3.63, 3.8) is 0 Å². The van der Waals surface area contributed by atoms with E-state index in [0.717, 1.165) is 0 Å². The predicted octanol–water partition coefficient (Wildman–Crippen LogP) is 2.94. The van der Waals surface area contributed by atoms with Crippen molar-refractivity contribution in [3.8, 4) is 5.75 Å². The SMILES string of the molecule is CC(C)Oc1ccc(Cl)cc1/C=N\O. The molecule has 0 aliphatic rings. The highest BCUT2D eigenvalue weighted by Crippen LogP contribution is 2.22. The minimum Gasteiger partial charge on any atom is -0.490 e. The second-order valence-corrected chi connectivity index (χ2v) is 3.53. The normalized spacial score (nSPS) is 11.1. The third-order valence-corrected chi connectivity index (χ3v) is 1.77. The van der Waals surface area contributed by atoms with Gasteiger partial charge in [-0.25, -0.2) is 0 Å². The minimum atomic E-state index is 0.0713. The average molecular weight is 214 g/mol. The van der Waals surface area contributed by atoms with Gasteiger partial charge in [0.1, 0.15) is 5.75 Å². The highest BCUT2D eigenvalue weighted by molar-refractivity contribution is 6.30. The molecule has 0 radical (unpaired) electrons. The van der Waals surface area contributed by atoms with E-state index in [2.05, 4.69) is 5.16 Å². The lowest BCUT2D eigenvalue weighted by Crippen LogP contribution is -2.07. The molecular weight excluding hydrogens is 202 g/mol. The van der Waals surface area contributed by atoms with Crippen LogP contribution < -0.4 is 4.74 Å². The van der Waals surface area contributed by atoms with Crippen LogP contribution in [-0.4, -0.2) is 17.5 Å². The molecule has 0 saturated carbocycles. The molecule has 1 aromatic carbocycles. The van der Waals surface area contributed by atoms with Gasteiger partial charge in [-0.2, -0.15) is 0 Å². The summed E-state index contributed by atoms with van der Waals surface area (Å²) < 4.78 is 5.49. The molecule has 1 rings (SSSR count). The fourth-order valence-electron chi connectivity index (χ4n) is 1.04. The molecule has 0 unspecified atom stereocenters. The van der Waals surface area contributed by atoms with E-state index in [1.807, 2.05) is 13.8 Å². The zero-order chi connectivity index (χ0) is 10.6. The summed E-state index contributed by atoms with van der Waals surface area (Å²) in [5.41, 5.74) is 0.661. The van der Waals surface area contributed by atoms with Gasteiger partial charge in [-0.15, -0.1) is 0 Å². The maximum absolute atomic E-state index is 8.44. The molecule has 0 atom stereocenters. The molecule has 1 N–H and O–H groups in total. The monoisotopic (exact) mass is 213 g/mol. The quantitative estimate of drug-likeness (QED) is 0.477. The van der Waals surface area contributed by atoms with E-state index in [1.165, 1.54) is 6.21 Å². The zero-order valence-electron chi connectivity index (χ0n) is 8.07. The van der Waals surface area contributed by atoms with Crippen molar-refractivity contribution in [1.82, 2.24) is 0 Å². The van der Waals surface area contributed by atoms with E-state index in [4.69, 9.17) is 21.5 Å². The van der Waals surface area contributed by atoms with Crippen molar-refractivity contribution < 1.29 is 9.94 Å². The van der Waals surface area contributed by atoms with Gasteiger partial charge in [-0.1, -0.05) is 16.8 Å². The number of rotatable bonds is 3. The molecule has 4 heteroatoms. The predicted molar refractivity (Wildman–Crippen MR) is 56.6 cm³/mol. The van der Waals surface area contributed by atoms with E-state index < -0.39 is 0 Å². The number of hydrogen-bond donors (Lipinski definition) is 1. The van der Waals surface area contributed by atoms with Crippen LogP contribution in [0.25, 0.3) is 0 Å². The number of oxime groups is 1. The van der Waals surface area contributed by atoms with Crippen molar-refractivity contribution in [2.45, 2.75) is 20.0 Å². The first-order valence-electron chi connectivity index (χ1n) is 4.27. The number of halogens is 1. The highest BCUT2D eigenvalue weighted by atomic mass is 35.5. The summed E-state index contributed by atoms with van der Waals surface area (Å²) in [6.07, 6.45) is 1.37. The molecule has 0 aliphatic heterocycles. The molecule has 0 spiro atoms. The number of ether oxygens (including phenoxy) is 1. The first-order valence-corrected chi connectivity index (χ1v) is 4.65. The first kappa shape index (κ1) is 10.9. The number of hydrogen-bond acceptors (Lipinski definition) is 3. The standard InChI is InChI=1S/C10H12ClNO2/c1-7(2)14-10-4-3-9(11)5-8(10)6-12-13/h3-7,13H,1-2H3/b12-6-. The average Bonchev–Trinajstić information content (AvgIpc) is 2.09. The third kappa shape index (κ3) is 2.92. The number of benzene rings is 1. The Morgan fingerprint density at radius 3 is 2.79 bits per heavy atom. The highest BCUT2D eigenvalue weighted by Gasteiger charge is 2.04. The third-order valence-electron chi connectivity index (χ3n) is 1.53. The summed E-state index contributed by atoms with van der Waals surface area (Å²) in [5.74, 6) is 0.655. The Labute approximate surface area is 88.0 Å². The maximum atomic E-state index is 8.44. The van der Waals surface area contributed by atoms with E-state index in [9.17, 15) is 0 Å². The minimum absolute atomic E-state index is 0.0713. The van der Waals surface area contributed by atoms with Crippen molar-refractivity contribution in [2.24, 2.45) is 5.16 Å². The van der Waals surface area contributed by atoms with Crippen LogP contribution in [0.4, 0.5) is 0 Å². The van der Waals surface area contributed by atoms with Crippen molar-refractivity contribution in [3.05, 3.63) is 28.8 Å². The van der Waals surface area contributed by atoms with Gasteiger partial charge in [0.25, 0.3) is 0 Å². The van der Waals surface area contributed by atoms with Crippen molar-refractivity contribution >= 4 is 17.8 Å². The molecule has 3 nitrogen and oxygen atoms in total. The van der Waals surface area contributed by atoms with Crippen LogP contribution >= 0.6 is 11.6 Å². The Hall–Kier alpha value is -1.22. The molecule has 0 fully saturated rings. The molecule has 0 saturated heterocycles. The fraction of sp³-hybridized carbons (Fsp3) is 0.300. The summed E-state index contributed by atoms with van der Waals surface area (Å²) in [7, 11) is 0. The van der Waals surface area contributed by atoms with Crippen molar-refractivity contribution in [2.75, 3.05) is 0 Å². The fourth-order valence-corrected chi connectivity index (χ4v) is 1.22. The first-order chi connectivity index (χ1) is 6.63. The molecule has 0 heterocycles. The smallest absolute Gasteiger partial charge is 0.128 e. The van der Waals surface area contributed by atoms with E-state index in [0.29, 0.717) is 16.3 Å². The van der Waals surface area contributed by atoms with Crippen molar-refractivity contribution in [1.29, 1.82) is 0 Å².